The van der Waals surface area contributed by atoms with Crippen LogP contribution in [0.15, 0.2) is 23.3 Å². The molecule has 0 radical (unpaired) electrons. The molecule has 2 N–H and O–H groups in total. The smallest absolute Gasteiger partial charge is 0.306 e. The molecular weight excluding hydrogens is 266 g/mol. The van der Waals surface area contributed by atoms with Gasteiger partial charge in [-0.1, -0.05) is 0 Å². The fourth-order valence-corrected chi connectivity index (χ4v) is 1.72. The first-order valence-corrected chi connectivity index (χ1v) is 5.80. The number of hydrogen-bond donors (Lipinski definition) is 2. The Morgan fingerprint density at radius 2 is 2.40 bits per heavy atom. The van der Waals surface area contributed by atoms with Crippen LogP contribution >= 0.6 is 0 Å². The van der Waals surface area contributed by atoms with Gasteiger partial charge in [0, 0.05) is 25.6 Å². The number of aliphatic carboxylic acids is 1. The first-order valence-electron chi connectivity index (χ1n) is 5.80. The largest absolute Gasteiger partial charge is 0.481 e. The number of ether oxygens (including phenoxy) is 1. The summed E-state index contributed by atoms with van der Waals surface area (Å²) in [5.41, 5.74) is 0.0784. The van der Waals surface area contributed by atoms with Gasteiger partial charge in [-0.3, -0.25) is 9.59 Å². The third kappa shape index (κ3) is 3.06. The predicted molar refractivity (Wildman–Crippen MR) is 66.9 cm³/mol. The highest BCUT2D eigenvalue weighted by Gasteiger charge is 2.18. The number of carboxylic acids is 1. The van der Waals surface area contributed by atoms with E-state index in [0.717, 1.165) is 0 Å². The van der Waals surface area contributed by atoms with E-state index in [1.54, 1.807) is 0 Å². The van der Waals surface area contributed by atoms with Crippen LogP contribution in [0.4, 0.5) is 0 Å². The molecule has 0 saturated heterocycles. The fourth-order valence-electron chi connectivity index (χ4n) is 1.72. The molecule has 0 spiro atoms. The summed E-state index contributed by atoms with van der Waals surface area (Å²) in [6, 6.07) is 1.36. The van der Waals surface area contributed by atoms with Crippen LogP contribution in [-0.2, 0) is 16.1 Å². The van der Waals surface area contributed by atoms with Crippen LogP contribution in [0.3, 0.4) is 0 Å². The maximum absolute atomic E-state index is 11.7. The lowest BCUT2D eigenvalue weighted by Crippen LogP contribution is -2.24. The van der Waals surface area contributed by atoms with Gasteiger partial charge >= 0.3 is 5.97 Å². The number of carbonyl (C=O) groups is 1. The average molecular weight is 279 g/mol. The molecule has 0 aliphatic heterocycles. The molecule has 2 heterocycles. The minimum atomic E-state index is -0.982. The third-order valence-corrected chi connectivity index (χ3v) is 2.71. The van der Waals surface area contributed by atoms with Gasteiger partial charge in [0.05, 0.1) is 24.6 Å². The number of nitrogens with zero attached hydrogens (tertiary/aromatic N) is 4. The minimum Gasteiger partial charge on any atom is -0.481 e. The molecule has 1 unspecified atom stereocenters. The molecule has 0 saturated carbocycles. The number of rotatable bonds is 6. The van der Waals surface area contributed by atoms with Crippen molar-refractivity contribution in [1.29, 1.82) is 0 Å². The lowest BCUT2D eigenvalue weighted by atomic mass is 10.2. The summed E-state index contributed by atoms with van der Waals surface area (Å²) in [5, 5.41) is 19.8. The van der Waals surface area contributed by atoms with Gasteiger partial charge in [0.1, 0.15) is 0 Å². The zero-order valence-electron chi connectivity index (χ0n) is 10.7. The molecule has 20 heavy (non-hydrogen) atoms. The Balaban J connectivity index is 2.27. The second kappa shape index (κ2) is 6.06. The molecule has 1 atom stereocenters. The van der Waals surface area contributed by atoms with Crippen molar-refractivity contribution < 1.29 is 14.6 Å². The van der Waals surface area contributed by atoms with Gasteiger partial charge < -0.3 is 14.8 Å². The highest BCUT2D eigenvalue weighted by molar-refractivity contribution is 5.67. The molecule has 0 aliphatic carbocycles. The van der Waals surface area contributed by atoms with Crippen LogP contribution in [0, 0.1) is 0 Å². The predicted octanol–water partition coefficient (Wildman–Crippen LogP) is -0.482. The molecule has 0 bridgehead atoms. The molecule has 2 rings (SSSR count). The molecular formula is C11H13N5O4. The number of H-pyrrole nitrogens is 1. The van der Waals surface area contributed by atoms with E-state index in [4.69, 9.17) is 9.84 Å². The van der Waals surface area contributed by atoms with Crippen LogP contribution in [0.2, 0.25) is 0 Å². The van der Waals surface area contributed by atoms with E-state index in [1.807, 2.05) is 0 Å². The third-order valence-electron chi connectivity index (χ3n) is 2.71. The molecule has 0 aliphatic rings. The van der Waals surface area contributed by atoms with E-state index >= 15 is 0 Å². The lowest BCUT2D eigenvalue weighted by molar-refractivity contribution is -0.139. The van der Waals surface area contributed by atoms with Gasteiger partial charge in [-0.2, -0.15) is 0 Å². The molecule has 0 amide bonds. The monoisotopic (exact) mass is 279 g/mol. The summed E-state index contributed by atoms with van der Waals surface area (Å²) in [5.74, 6) is -0.719. The van der Waals surface area contributed by atoms with Crippen molar-refractivity contribution in [3.05, 3.63) is 28.7 Å². The first-order chi connectivity index (χ1) is 9.61. The van der Waals surface area contributed by atoms with E-state index in [1.165, 1.54) is 30.3 Å². The number of tetrazole rings is 1. The molecule has 9 nitrogen and oxygen atoms in total. The van der Waals surface area contributed by atoms with Crippen molar-refractivity contribution in [2.75, 3.05) is 7.11 Å². The summed E-state index contributed by atoms with van der Waals surface area (Å²) in [6.07, 6.45) is 2.23. The SMILES string of the molecule is COC(CC(=O)O)Cn1nnnc1-c1c[nH]ccc1=O. The first kappa shape index (κ1) is 13.9. The Kier molecular flexibility index (Phi) is 4.20. The van der Waals surface area contributed by atoms with Crippen molar-refractivity contribution >= 4 is 5.97 Å². The van der Waals surface area contributed by atoms with Crippen LogP contribution in [0.25, 0.3) is 11.4 Å². The summed E-state index contributed by atoms with van der Waals surface area (Å²) >= 11 is 0. The van der Waals surface area contributed by atoms with Crippen LogP contribution < -0.4 is 5.43 Å². The maximum Gasteiger partial charge on any atom is 0.306 e. The topological polar surface area (TPSA) is 123 Å². The van der Waals surface area contributed by atoms with Gasteiger partial charge in [0.15, 0.2) is 11.3 Å². The van der Waals surface area contributed by atoms with E-state index in [0.29, 0.717) is 5.56 Å². The van der Waals surface area contributed by atoms with Crippen LogP contribution in [0.1, 0.15) is 6.42 Å². The number of aromatic amines is 1. The Bertz CT molecular complexity index is 650. The Hall–Kier alpha value is -2.55. The molecule has 0 aromatic carbocycles. The quantitative estimate of drug-likeness (QED) is 0.731. The number of pyridine rings is 1. The zero-order valence-corrected chi connectivity index (χ0v) is 10.7. The molecule has 9 heteroatoms. The summed E-state index contributed by atoms with van der Waals surface area (Å²) in [4.78, 5) is 25.2. The van der Waals surface area contributed by atoms with Gasteiger partial charge in [0.25, 0.3) is 0 Å². The zero-order chi connectivity index (χ0) is 14.5. The van der Waals surface area contributed by atoms with E-state index in [2.05, 4.69) is 20.5 Å². The number of methoxy groups -OCH3 is 1. The molecule has 2 aromatic heterocycles. The van der Waals surface area contributed by atoms with E-state index in [9.17, 15) is 9.59 Å². The molecule has 106 valence electrons. The van der Waals surface area contributed by atoms with Crippen molar-refractivity contribution in [3.63, 3.8) is 0 Å². The normalized spacial score (nSPS) is 12.2. The second-order valence-electron chi connectivity index (χ2n) is 4.06. The average Bonchev–Trinajstić information content (AvgIpc) is 2.86. The molecule has 0 fully saturated rings. The molecule has 2 aromatic rings. The Morgan fingerprint density at radius 3 is 3.05 bits per heavy atom. The summed E-state index contributed by atoms with van der Waals surface area (Å²) in [6.45, 7) is 0.138. The van der Waals surface area contributed by atoms with Gasteiger partial charge in [-0.05, 0) is 10.4 Å². The van der Waals surface area contributed by atoms with Crippen LogP contribution in [-0.4, -0.2) is 49.5 Å². The Labute approximate surface area is 113 Å². The summed E-state index contributed by atoms with van der Waals surface area (Å²) in [7, 11) is 1.41. The van der Waals surface area contributed by atoms with Gasteiger partial charge in [-0.15, -0.1) is 5.10 Å². The highest BCUT2D eigenvalue weighted by Crippen LogP contribution is 2.11. The fraction of sp³-hybridized carbons (Fsp3) is 0.364. The number of carboxylic acid groups (broad SMARTS) is 1. The maximum atomic E-state index is 11.7. The van der Waals surface area contributed by atoms with E-state index in [-0.39, 0.29) is 24.2 Å². The van der Waals surface area contributed by atoms with E-state index < -0.39 is 12.1 Å². The van der Waals surface area contributed by atoms with Crippen molar-refractivity contribution in [3.8, 4) is 11.4 Å². The number of aromatic nitrogens is 5. The van der Waals surface area contributed by atoms with Crippen LogP contribution in [0.5, 0.6) is 0 Å². The van der Waals surface area contributed by atoms with Crippen molar-refractivity contribution in [2.24, 2.45) is 0 Å². The summed E-state index contributed by atoms with van der Waals surface area (Å²) < 4.78 is 6.42. The highest BCUT2D eigenvalue weighted by atomic mass is 16.5. The second-order valence-corrected chi connectivity index (χ2v) is 4.06. The minimum absolute atomic E-state index is 0.138. The van der Waals surface area contributed by atoms with Gasteiger partial charge in [0.2, 0.25) is 0 Å². The number of hydrogen-bond acceptors (Lipinski definition) is 6. The lowest BCUT2D eigenvalue weighted by Gasteiger charge is -2.13. The van der Waals surface area contributed by atoms with Gasteiger partial charge in [-0.25, -0.2) is 4.68 Å². The number of nitrogens with one attached hydrogen (secondary N) is 1. The Morgan fingerprint density at radius 1 is 1.60 bits per heavy atom. The standard InChI is InChI=1S/C11H13N5O4/c1-20-7(4-10(18)19)6-16-11(13-14-15-16)8-5-12-3-2-9(8)17/h2-3,5,7H,4,6H2,1H3,(H,12,17)(H,18,19). The van der Waals surface area contributed by atoms with Crippen molar-refractivity contribution in [2.45, 2.75) is 19.1 Å². The van der Waals surface area contributed by atoms with Crippen molar-refractivity contribution in [1.82, 2.24) is 25.2 Å².